The summed E-state index contributed by atoms with van der Waals surface area (Å²) in [6.07, 6.45) is 0. The summed E-state index contributed by atoms with van der Waals surface area (Å²) in [7, 11) is 1.86. The molecule has 1 N–H and O–H groups in total. The molecule has 0 aliphatic carbocycles. The zero-order valence-electron chi connectivity index (χ0n) is 15.1. The molecule has 1 aromatic carbocycles. The van der Waals surface area contributed by atoms with Gasteiger partial charge < -0.3 is 14.9 Å². The lowest BCUT2D eigenvalue weighted by Gasteiger charge is -2.45. The summed E-state index contributed by atoms with van der Waals surface area (Å²) in [4.78, 5) is 27.9. The first-order valence-electron chi connectivity index (χ1n) is 8.91. The Kier molecular flexibility index (Phi) is 4.24. The van der Waals surface area contributed by atoms with Crippen LogP contribution in [-0.2, 0) is 4.79 Å². The fourth-order valence-corrected chi connectivity index (χ4v) is 3.67. The van der Waals surface area contributed by atoms with Crippen LogP contribution in [0, 0.1) is 6.92 Å². The predicted molar refractivity (Wildman–Crippen MR) is 99.1 cm³/mol. The van der Waals surface area contributed by atoms with E-state index in [1.165, 1.54) is 0 Å². The highest BCUT2D eigenvalue weighted by atomic mass is 16.3. The number of benzene rings is 1. The smallest absolute Gasteiger partial charge is 0.241 e. The molecule has 7 nitrogen and oxygen atoms in total. The minimum absolute atomic E-state index is 0.119. The van der Waals surface area contributed by atoms with Crippen molar-refractivity contribution in [2.24, 2.45) is 0 Å². The molecule has 0 unspecified atom stereocenters. The van der Waals surface area contributed by atoms with Gasteiger partial charge in [0, 0.05) is 51.5 Å². The number of fused-ring (bicyclic) bond motifs is 1. The third-order valence-corrected chi connectivity index (χ3v) is 5.18. The Labute approximate surface area is 152 Å². The second-order valence-corrected chi connectivity index (χ2v) is 6.97. The lowest BCUT2D eigenvalue weighted by atomic mass is 10.1. The van der Waals surface area contributed by atoms with Crippen molar-refractivity contribution in [3.8, 4) is 17.1 Å². The van der Waals surface area contributed by atoms with Gasteiger partial charge in [-0.1, -0.05) is 12.1 Å². The maximum absolute atomic E-state index is 12.5. The number of carbonyl (C=O) groups is 1. The third-order valence-electron chi connectivity index (χ3n) is 5.18. The maximum atomic E-state index is 12.5. The molecular formula is C19H23N5O2. The van der Waals surface area contributed by atoms with E-state index in [0.717, 1.165) is 37.7 Å². The third kappa shape index (κ3) is 2.99. The van der Waals surface area contributed by atoms with Gasteiger partial charge in [-0.2, -0.15) is 0 Å². The van der Waals surface area contributed by atoms with Gasteiger partial charge in [0.2, 0.25) is 5.91 Å². The van der Waals surface area contributed by atoms with Crippen LogP contribution in [0.15, 0.2) is 30.3 Å². The highest BCUT2D eigenvalue weighted by molar-refractivity contribution is 5.83. The first kappa shape index (κ1) is 16.8. The van der Waals surface area contributed by atoms with E-state index in [4.69, 9.17) is 0 Å². The van der Waals surface area contributed by atoms with Crippen molar-refractivity contribution >= 4 is 11.7 Å². The van der Waals surface area contributed by atoms with Crippen LogP contribution in [0.2, 0.25) is 0 Å². The number of aromatic hydroxyl groups is 1. The molecule has 2 aromatic rings. The summed E-state index contributed by atoms with van der Waals surface area (Å²) >= 11 is 0. The number of anilines is 1. The second kappa shape index (κ2) is 6.57. The number of rotatable bonds is 2. The van der Waals surface area contributed by atoms with Gasteiger partial charge in [-0.05, 0) is 19.1 Å². The zero-order chi connectivity index (χ0) is 18.3. The van der Waals surface area contributed by atoms with E-state index in [1.807, 2.05) is 37.1 Å². The fraction of sp³-hybridized carbons (Fsp3) is 0.421. The fourth-order valence-electron chi connectivity index (χ4n) is 3.67. The van der Waals surface area contributed by atoms with Gasteiger partial charge >= 0.3 is 0 Å². The molecule has 0 saturated carbocycles. The summed E-state index contributed by atoms with van der Waals surface area (Å²) < 4.78 is 0. The van der Waals surface area contributed by atoms with E-state index >= 15 is 0 Å². The van der Waals surface area contributed by atoms with Crippen LogP contribution in [0.5, 0.6) is 5.75 Å². The lowest BCUT2D eigenvalue weighted by Crippen LogP contribution is -2.64. The largest absolute Gasteiger partial charge is 0.507 e. The quantitative estimate of drug-likeness (QED) is 0.872. The number of nitrogens with zero attached hydrogens (tertiary/aromatic N) is 5. The van der Waals surface area contributed by atoms with Gasteiger partial charge in [0.1, 0.15) is 17.6 Å². The Morgan fingerprint density at radius 1 is 1.12 bits per heavy atom. The number of phenolic OH excluding ortho intramolecular Hbond substituents is 1. The molecule has 0 spiro atoms. The van der Waals surface area contributed by atoms with Gasteiger partial charge in [0.15, 0.2) is 5.82 Å². The number of amides is 1. The van der Waals surface area contributed by atoms with E-state index in [1.54, 1.807) is 12.1 Å². The van der Waals surface area contributed by atoms with Crippen molar-refractivity contribution in [2.75, 3.05) is 44.7 Å². The van der Waals surface area contributed by atoms with Crippen molar-refractivity contribution in [1.29, 1.82) is 0 Å². The number of aromatic nitrogens is 2. The monoisotopic (exact) mass is 353 g/mol. The molecule has 2 fully saturated rings. The minimum atomic E-state index is -0.119. The molecule has 3 heterocycles. The summed E-state index contributed by atoms with van der Waals surface area (Å²) in [5.41, 5.74) is 1.45. The Bertz CT molecular complexity index is 840. The van der Waals surface area contributed by atoms with Crippen molar-refractivity contribution < 1.29 is 9.90 Å². The molecular weight excluding hydrogens is 330 g/mol. The van der Waals surface area contributed by atoms with Crippen molar-refractivity contribution in [3.05, 3.63) is 36.0 Å². The van der Waals surface area contributed by atoms with E-state index in [2.05, 4.69) is 19.8 Å². The maximum Gasteiger partial charge on any atom is 0.241 e. The zero-order valence-corrected chi connectivity index (χ0v) is 15.1. The molecule has 2 aliphatic rings. The van der Waals surface area contributed by atoms with E-state index in [0.29, 0.717) is 17.9 Å². The number of hydrogen-bond donors (Lipinski definition) is 1. The molecule has 1 aromatic heterocycles. The predicted octanol–water partition coefficient (Wildman–Crippen LogP) is 1.12. The van der Waals surface area contributed by atoms with E-state index in [-0.39, 0.29) is 17.7 Å². The molecule has 7 heteroatoms. The first-order chi connectivity index (χ1) is 12.5. The van der Waals surface area contributed by atoms with Crippen molar-refractivity contribution in [3.63, 3.8) is 0 Å². The van der Waals surface area contributed by atoms with Crippen LogP contribution in [-0.4, -0.2) is 76.6 Å². The number of hydrogen-bond acceptors (Lipinski definition) is 6. The van der Waals surface area contributed by atoms with Crippen LogP contribution >= 0.6 is 0 Å². The van der Waals surface area contributed by atoms with E-state index < -0.39 is 0 Å². The molecule has 2 saturated heterocycles. The van der Waals surface area contributed by atoms with Gasteiger partial charge in [-0.15, -0.1) is 0 Å². The van der Waals surface area contributed by atoms with Gasteiger partial charge in [0.05, 0.1) is 5.56 Å². The van der Waals surface area contributed by atoms with Crippen LogP contribution in [0.1, 0.15) is 5.69 Å². The summed E-state index contributed by atoms with van der Waals surface area (Å²) in [6, 6.07) is 8.90. The average molecular weight is 353 g/mol. The van der Waals surface area contributed by atoms with Crippen molar-refractivity contribution in [1.82, 2.24) is 19.8 Å². The van der Waals surface area contributed by atoms with Crippen LogP contribution in [0.25, 0.3) is 11.4 Å². The average Bonchev–Trinajstić information content (AvgIpc) is 2.64. The van der Waals surface area contributed by atoms with Crippen molar-refractivity contribution in [2.45, 2.75) is 13.0 Å². The highest BCUT2D eigenvalue weighted by Crippen LogP contribution is 2.28. The number of piperazine rings is 2. The molecule has 2 aliphatic heterocycles. The first-order valence-corrected chi connectivity index (χ1v) is 8.91. The van der Waals surface area contributed by atoms with E-state index in [9.17, 15) is 9.90 Å². The lowest BCUT2D eigenvalue weighted by molar-refractivity contribution is -0.140. The standard InChI is InChI=1S/C19H23N5O2/c1-13-11-17(21-18(20-13)14-5-3-4-6-16(14)25)24-10-9-23-8-7-22(2)19(26)15(23)12-24/h3-6,11,15,25H,7-10,12H2,1-2H3/t15-/m0/s1. The summed E-state index contributed by atoms with van der Waals surface area (Å²) in [6.45, 7) is 5.93. The molecule has 0 radical (unpaired) electrons. The van der Waals surface area contributed by atoms with Crippen LogP contribution in [0.4, 0.5) is 5.82 Å². The number of aryl methyl sites for hydroxylation is 1. The Hall–Kier alpha value is -2.67. The SMILES string of the molecule is Cc1cc(N2CCN3CCN(C)C(=O)[C@@H]3C2)nc(-c2ccccc2O)n1. The van der Waals surface area contributed by atoms with Crippen LogP contribution < -0.4 is 4.90 Å². The summed E-state index contributed by atoms with van der Waals surface area (Å²) in [5.74, 6) is 1.65. The van der Waals surface area contributed by atoms with Gasteiger partial charge in [0.25, 0.3) is 0 Å². The Balaban J connectivity index is 1.64. The van der Waals surface area contributed by atoms with Gasteiger partial charge in [-0.3, -0.25) is 9.69 Å². The normalized spacial score (nSPS) is 21.0. The molecule has 4 rings (SSSR count). The Morgan fingerprint density at radius 3 is 2.69 bits per heavy atom. The second-order valence-electron chi connectivity index (χ2n) is 6.97. The van der Waals surface area contributed by atoms with Crippen LogP contribution in [0.3, 0.4) is 0 Å². The molecule has 26 heavy (non-hydrogen) atoms. The highest BCUT2D eigenvalue weighted by Gasteiger charge is 2.37. The molecule has 136 valence electrons. The topological polar surface area (TPSA) is 72.8 Å². The minimum Gasteiger partial charge on any atom is -0.507 e. The summed E-state index contributed by atoms with van der Waals surface area (Å²) in [5, 5.41) is 10.1. The Morgan fingerprint density at radius 2 is 1.88 bits per heavy atom. The number of phenols is 1. The number of likely N-dealkylation sites (N-methyl/N-ethyl adjacent to an activating group) is 1. The van der Waals surface area contributed by atoms with Gasteiger partial charge in [-0.25, -0.2) is 9.97 Å². The molecule has 0 bridgehead atoms. The molecule has 1 atom stereocenters. The number of carbonyl (C=O) groups excluding carboxylic acids is 1. The number of para-hydroxylation sites is 1. The molecule has 1 amide bonds.